The van der Waals surface area contributed by atoms with Gasteiger partial charge in [-0.2, -0.15) is 10.5 Å². The van der Waals surface area contributed by atoms with Crippen molar-refractivity contribution in [2.45, 2.75) is 96.3 Å². The number of carbonyl (C=O) groups is 1. The molecule has 242 valence electrons. The van der Waals surface area contributed by atoms with Crippen molar-refractivity contribution in [3.8, 4) is 6.07 Å². The minimum absolute atomic E-state index is 0.00152. The van der Waals surface area contributed by atoms with Gasteiger partial charge in [-0.1, -0.05) is 36.6 Å². The molecule has 10 nitrogen and oxygen atoms in total. The molecule has 3 atom stereocenters. The number of rotatable bonds is 12. The number of nitrogens with zero attached hydrogens (tertiary/aromatic N) is 5. The van der Waals surface area contributed by atoms with E-state index in [9.17, 15) is 10.1 Å². The molecule has 1 aliphatic carbocycles. The third kappa shape index (κ3) is 6.70. The quantitative estimate of drug-likeness (QED) is 0.230. The van der Waals surface area contributed by atoms with Crippen LogP contribution in [0.4, 0.5) is 0 Å². The lowest BCUT2D eigenvalue weighted by atomic mass is 9.67. The van der Waals surface area contributed by atoms with Crippen LogP contribution in [0.5, 0.6) is 0 Å². The van der Waals surface area contributed by atoms with Gasteiger partial charge in [-0.3, -0.25) is 4.79 Å². The van der Waals surface area contributed by atoms with Crippen molar-refractivity contribution in [1.29, 1.82) is 5.26 Å². The summed E-state index contributed by atoms with van der Waals surface area (Å²) >= 11 is 0. The Morgan fingerprint density at radius 1 is 1.04 bits per heavy atom. The van der Waals surface area contributed by atoms with Crippen LogP contribution in [0.15, 0.2) is 55.3 Å². The van der Waals surface area contributed by atoms with Crippen molar-refractivity contribution in [2.24, 2.45) is 0 Å². The van der Waals surface area contributed by atoms with E-state index in [4.69, 9.17) is 0 Å². The molecule has 0 radical (unpaired) electrons. The van der Waals surface area contributed by atoms with Crippen LogP contribution < -0.4 is 16.0 Å². The average Bonchev–Trinajstić information content (AvgIpc) is 3.72. The molecular weight excluding hydrogens is 574 g/mol. The van der Waals surface area contributed by atoms with Gasteiger partial charge in [0.25, 0.3) is 5.91 Å². The van der Waals surface area contributed by atoms with Gasteiger partial charge in [0.05, 0.1) is 11.5 Å². The van der Waals surface area contributed by atoms with Crippen molar-refractivity contribution >= 4 is 11.6 Å². The average molecular weight is 622 g/mol. The maximum Gasteiger partial charge on any atom is 0.251 e. The minimum atomic E-state index is -0.761. The summed E-state index contributed by atoms with van der Waals surface area (Å²) in [5, 5.41) is 35.8. The summed E-state index contributed by atoms with van der Waals surface area (Å²) in [7, 11) is 0. The van der Waals surface area contributed by atoms with Crippen LogP contribution >= 0.6 is 0 Å². The Morgan fingerprint density at radius 2 is 1.70 bits per heavy atom. The number of fused-ring (bicyclic) bond motifs is 2. The second-order valence-corrected chi connectivity index (χ2v) is 13.3. The van der Waals surface area contributed by atoms with Crippen LogP contribution in [-0.2, 0) is 18.3 Å². The molecule has 4 N–H and O–H groups in total. The number of hydrogen-bond acceptors (Lipinski definition) is 8. The van der Waals surface area contributed by atoms with E-state index >= 15 is 0 Å². The highest BCUT2D eigenvalue weighted by atomic mass is 16.1. The summed E-state index contributed by atoms with van der Waals surface area (Å²) in [6, 6.07) is 15.2. The van der Waals surface area contributed by atoms with Crippen LogP contribution in [0.2, 0.25) is 0 Å². The largest absolute Gasteiger partial charge is 0.383 e. The molecule has 0 bridgehead atoms. The number of amides is 1. The lowest BCUT2D eigenvalue weighted by Gasteiger charge is -2.37. The van der Waals surface area contributed by atoms with Crippen molar-refractivity contribution in [3.05, 3.63) is 94.5 Å². The number of H-pyrrole nitrogens is 1. The number of likely N-dealkylation sites (tertiary alicyclic amines) is 1. The first-order valence-electron chi connectivity index (χ1n) is 16.4. The van der Waals surface area contributed by atoms with Gasteiger partial charge in [-0.25, -0.2) is 0 Å². The number of tetrazole rings is 1. The Kier molecular flexibility index (Phi) is 9.92. The van der Waals surface area contributed by atoms with Crippen molar-refractivity contribution in [2.75, 3.05) is 13.1 Å². The van der Waals surface area contributed by atoms with Gasteiger partial charge < -0.3 is 20.9 Å². The fourth-order valence-electron chi connectivity index (χ4n) is 7.05. The molecule has 1 saturated heterocycles. The smallest absolute Gasteiger partial charge is 0.251 e. The molecule has 2 heterocycles. The number of benzene rings is 2. The molecule has 2 aliphatic rings. The van der Waals surface area contributed by atoms with Crippen LogP contribution in [0, 0.1) is 11.3 Å². The van der Waals surface area contributed by atoms with Crippen LogP contribution in [0.3, 0.4) is 0 Å². The Morgan fingerprint density at radius 3 is 2.30 bits per heavy atom. The normalized spacial score (nSPS) is 19.6. The molecule has 2 aromatic carbocycles. The van der Waals surface area contributed by atoms with Crippen LogP contribution in [-0.4, -0.2) is 68.7 Å². The molecule has 5 rings (SSSR count). The van der Waals surface area contributed by atoms with Gasteiger partial charge >= 0.3 is 0 Å². The fourth-order valence-corrected chi connectivity index (χ4v) is 7.05. The number of nitrogens with one attached hydrogen (secondary N) is 4. The van der Waals surface area contributed by atoms with Crippen molar-refractivity contribution in [3.63, 3.8) is 0 Å². The van der Waals surface area contributed by atoms with E-state index in [0.717, 1.165) is 65.9 Å². The number of carbonyl (C=O) groups excluding carboxylic acids is 1. The number of aromatic amines is 1. The molecule has 1 amide bonds. The maximum absolute atomic E-state index is 13.1. The summed E-state index contributed by atoms with van der Waals surface area (Å²) in [6.07, 6.45) is 4.03. The lowest BCUT2D eigenvalue weighted by molar-refractivity contribution is 0.0943. The highest BCUT2D eigenvalue weighted by Crippen LogP contribution is 2.47. The van der Waals surface area contributed by atoms with Gasteiger partial charge in [-0.15, -0.1) is 10.2 Å². The second-order valence-electron chi connectivity index (χ2n) is 13.3. The summed E-state index contributed by atoms with van der Waals surface area (Å²) in [4.78, 5) is 15.2. The Hall–Kier alpha value is -4.49. The number of aryl methyl sites for hydroxylation is 2. The Bertz CT molecular complexity index is 1550. The fraction of sp³-hybridized carbons (Fsp3) is 0.472. The molecular formula is C36H47N9O. The lowest BCUT2D eigenvalue weighted by Crippen LogP contribution is -2.42. The second kappa shape index (κ2) is 13.9. The van der Waals surface area contributed by atoms with E-state index in [2.05, 4.69) is 106 Å². The number of hydrogen-bond donors (Lipinski definition) is 4. The molecule has 0 spiro atoms. The predicted molar refractivity (Wildman–Crippen MR) is 181 cm³/mol. The minimum Gasteiger partial charge on any atom is -0.383 e. The van der Waals surface area contributed by atoms with E-state index in [1.165, 1.54) is 5.56 Å². The summed E-state index contributed by atoms with van der Waals surface area (Å²) in [5.74, 6) is 0.494. The van der Waals surface area contributed by atoms with Gasteiger partial charge in [0.15, 0.2) is 5.82 Å². The molecule has 2 unspecified atom stereocenters. The molecule has 0 saturated carbocycles. The first kappa shape index (κ1) is 32.9. The van der Waals surface area contributed by atoms with Gasteiger partial charge in [0.2, 0.25) is 0 Å². The standard InChI is InChI=1S/C36H47N9O/c1-22(2)39-26(7)27-12-14-32-28(17-27)10-11-29-18-30(34(46)40-23(3)4)13-15-33(29)36(32,35-41-43-44-42-35)19-24(5)38-21-25(6)45-16-8-9-31(45)20-37/h12-15,17-18,22-24,31,38-39H,6-11,16,19,21H2,1-5H3,(H,40,46)(H,41,42,43,44)/t24-,31?,36?/m1/s1. The monoisotopic (exact) mass is 621 g/mol. The molecule has 1 aliphatic heterocycles. The zero-order chi connectivity index (χ0) is 33.0. The maximum atomic E-state index is 13.1. The van der Waals surface area contributed by atoms with Crippen molar-refractivity contribution < 1.29 is 4.79 Å². The van der Waals surface area contributed by atoms with E-state index in [-0.39, 0.29) is 30.1 Å². The summed E-state index contributed by atoms with van der Waals surface area (Å²) < 4.78 is 0. The number of nitriles is 1. The zero-order valence-corrected chi connectivity index (χ0v) is 27.8. The topological polar surface area (TPSA) is 135 Å². The highest BCUT2D eigenvalue weighted by Gasteiger charge is 2.45. The van der Waals surface area contributed by atoms with E-state index < -0.39 is 5.41 Å². The molecule has 1 aromatic heterocycles. The predicted octanol–water partition coefficient (Wildman–Crippen LogP) is 4.61. The van der Waals surface area contributed by atoms with E-state index in [1.807, 2.05) is 26.0 Å². The highest BCUT2D eigenvalue weighted by molar-refractivity contribution is 5.94. The number of aromatic nitrogens is 4. The first-order valence-corrected chi connectivity index (χ1v) is 16.4. The van der Waals surface area contributed by atoms with Gasteiger partial charge in [0.1, 0.15) is 6.04 Å². The van der Waals surface area contributed by atoms with Crippen molar-refractivity contribution in [1.82, 2.24) is 41.5 Å². The van der Waals surface area contributed by atoms with Crippen LogP contribution in [0.25, 0.3) is 5.70 Å². The third-order valence-corrected chi connectivity index (χ3v) is 9.09. The molecule has 46 heavy (non-hydrogen) atoms. The van der Waals surface area contributed by atoms with E-state index in [0.29, 0.717) is 24.4 Å². The Balaban J connectivity index is 1.59. The van der Waals surface area contributed by atoms with Crippen LogP contribution in [0.1, 0.15) is 97.9 Å². The van der Waals surface area contributed by atoms with E-state index in [1.54, 1.807) is 0 Å². The SMILES string of the molecule is C=C(NC(C)C)c1ccc2c(c1)CCc1cc(C(=O)NC(C)C)ccc1C2(C[C@@H](C)NCC(=C)N1CCCC1C#N)c1nn[nH]n1. The molecule has 10 heteroatoms. The van der Waals surface area contributed by atoms with Gasteiger partial charge in [0, 0.05) is 48.2 Å². The molecule has 3 aromatic rings. The third-order valence-electron chi connectivity index (χ3n) is 9.09. The summed E-state index contributed by atoms with van der Waals surface area (Å²) in [5.41, 5.74) is 7.17. The first-order chi connectivity index (χ1) is 22.0. The summed E-state index contributed by atoms with van der Waals surface area (Å²) in [6.45, 7) is 20.4. The Labute approximate surface area is 272 Å². The molecule has 1 fully saturated rings. The van der Waals surface area contributed by atoms with Gasteiger partial charge in [-0.05, 0) is 113 Å². The zero-order valence-electron chi connectivity index (χ0n) is 27.8.